The molecular weight excluding hydrogens is 576 g/mol. The molecule has 0 radical (unpaired) electrons. The first-order chi connectivity index (χ1) is 21.5. The minimum absolute atomic E-state index is 0.0404. The van der Waals surface area contributed by atoms with Gasteiger partial charge in [-0.2, -0.15) is 0 Å². The van der Waals surface area contributed by atoms with Gasteiger partial charge in [-0.15, -0.1) is 0 Å². The van der Waals surface area contributed by atoms with Crippen LogP contribution in [0.3, 0.4) is 0 Å². The Balaban J connectivity index is 2.23. The van der Waals surface area contributed by atoms with Gasteiger partial charge < -0.3 is 30.3 Å². The third kappa shape index (κ3) is 14.6. The van der Waals surface area contributed by atoms with E-state index in [0.29, 0.717) is 6.42 Å². The molecule has 0 saturated carbocycles. The predicted octanol–water partition coefficient (Wildman–Crippen LogP) is 3.53. The molecule has 0 bridgehead atoms. The van der Waals surface area contributed by atoms with E-state index in [9.17, 15) is 24.0 Å². The molecule has 45 heavy (non-hydrogen) atoms. The number of ether oxygens (including phenoxy) is 2. The van der Waals surface area contributed by atoms with Crippen molar-refractivity contribution in [1.82, 2.24) is 20.9 Å². The lowest BCUT2D eigenvalue weighted by atomic mass is 10.0. The van der Waals surface area contributed by atoms with Crippen LogP contribution >= 0.6 is 0 Å². The van der Waals surface area contributed by atoms with Crippen molar-refractivity contribution in [2.75, 3.05) is 20.7 Å². The van der Waals surface area contributed by atoms with Crippen molar-refractivity contribution in [3.8, 4) is 0 Å². The molecule has 244 valence electrons. The van der Waals surface area contributed by atoms with Gasteiger partial charge >= 0.3 is 12.1 Å². The highest BCUT2D eigenvalue weighted by Crippen LogP contribution is 2.10. The number of carbonyl (C=O) groups is 5. The maximum absolute atomic E-state index is 13.7. The zero-order valence-electron chi connectivity index (χ0n) is 26.8. The molecule has 0 aromatic heterocycles. The highest BCUT2D eigenvalue weighted by atomic mass is 16.5. The third-order valence-corrected chi connectivity index (χ3v) is 6.69. The SMILES string of the molecule is CCOC(=O)/C=C/[C@H](CCC(=O)N(C)C)NC(=O)[C@H](Cc1ccccc1)NC(=O)[C@H](CC(C)C)NC(=O)OCc1ccccc1. The minimum Gasteiger partial charge on any atom is -0.463 e. The van der Waals surface area contributed by atoms with Crippen molar-refractivity contribution in [2.24, 2.45) is 5.92 Å². The fraction of sp³-hybridized carbons (Fsp3) is 0.441. The van der Waals surface area contributed by atoms with E-state index in [1.54, 1.807) is 21.0 Å². The number of nitrogens with one attached hydrogen (secondary N) is 3. The fourth-order valence-corrected chi connectivity index (χ4v) is 4.33. The summed E-state index contributed by atoms with van der Waals surface area (Å²) in [5.41, 5.74) is 1.60. The zero-order valence-corrected chi connectivity index (χ0v) is 26.8. The average Bonchev–Trinajstić information content (AvgIpc) is 3.01. The molecule has 0 unspecified atom stereocenters. The van der Waals surface area contributed by atoms with E-state index in [4.69, 9.17) is 9.47 Å². The molecule has 2 aromatic carbocycles. The minimum atomic E-state index is -1.03. The molecule has 4 amide bonds. The van der Waals surface area contributed by atoms with Gasteiger partial charge in [0.25, 0.3) is 0 Å². The van der Waals surface area contributed by atoms with E-state index in [1.165, 1.54) is 17.1 Å². The number of rotatable bonds is 17. The van der Waals surface area contributed by atoms with Gasteiger partial charge in [-0.1, -0.05) is 80.6 Å². The Kier molecular flexibility index (Phi) is 15.9. The number of nitrogens with zero attached hydrogens (tertiary/aromatic N) is 1. The van der Waals surface area contributed by atoms with Crippen LogP contribution in [0.25, 0.3) is 0 Å². The van der Waals surface area contributed by atoms with Gasteiger partial charge in [-0.05, 0) is 36.8 Å². The molecule has 3 atom stereocenters. The maximum atomic E-state index is 13.7. The Bertz CT molecular complexity index is 1270. The Morgan fingerprint density at radius 1 is 0.800 bits per heavy atom. The lowest BCUT2D eigenvalue weighted by Gasteiger charge is -2.25. The summed E-state index contributed by atoms with van der Waals surface area (Å²) in [5.74, 6) is -1.74. The quantitative estimate of drug-likeness (QED) is 0.181. The van der Waals surface area contributed by atoms with Crippen LogP contribution in [0.4, 0.5) is 4.79 Å². The van der Waals surface area contributed by atoms with Crippen LogP contribution in [-0.4, -0.2) is 73.5 Å². The summed E-state index contributed by atoms with van der Waals surface area (Å²) >= 11 is 0. The Hall–Kier alpha value is -4.67. The summed E-state index contributed by atoms with van der Waals surface area (Å²) < 4.78 is 10.3. The van der Waals surface area contributed by atoms with Gasteiger partial charge in [0.1, 0.15) is 18.7 Å². The topological polar surface area (TPSA) is 143 Å². The average molecular weight is 623 g/mol. The molecule has 11 nitrogen and oxygen atoms in total. The van der Waals surface area contributed by atoms with E-state index < -0.39 is 42.0 Å². The summed E-state index contributed by atoms with van der Waals surface area (Å²) in [6.07, 6.45) is 2.75. The largest absolute Gasteiger partial charge is 0.463 e. The standard InChI is InChI=1S/C34H46N4O7/c1-6-44-31(40)20-18-27(17-19-30(39)38(4)5)35-32(41)29(22-25-13-9-7-10-14-25)36-33(42)28(21-24(2)3)37-34(43)45-23-26-15-11-8-12-16-26/h7-16,18,20,24,27-29H,6,17,19,21-23H2,1-5H3,(H,35,41)(H,36,42)(H,37,43)/b20-18+/t27-,28-,29-/m0/s1. The van der Waals surface area contributed by atoms with Crippen LogP contribution < -0.4 is 16.0 Å². The van der Waals surface area contributed by atoms with Crippen LogP contribution in [-0.2, 0) is 41.7 Å². The van der Waals surface area contributed by atoms with Crippen LogP contribution in [0.1, 0.15) is 51.2 Å². The lowest BCUT2D eigenvalue weighted by molar-refractivity contribution is -0.137. The molecule has 0 heterocycles. The summed E-state index contributed by atoms with van der Waals surface area (Å²) in [7, 11) is 3.27. The number of carbonyl (C=O) groups excluding carboxylic acids is 5. The molecule has 0 spiro atoms. The molecule has 2 rings (SSSR count). The smallest absolute Gasteiger partial charge is 0.408 e. The monoisotopic (exact) mass is 622 g/mol. The Morgan fingerprint density at radius 2 is 1.40 bits per heavy atom. The molecule has 0 fully saturated rings. The van der Waals surface area contributed by atoms with E-state index in [2.05, 4.69) is 16.0 Å². The normalized spacial score (nSPS) is 12.9. The molecule has 11 heteroatoms. The number of hydrogen-bond acceptors (Lipinski definition) is 7. The highest BCUT2D eigenvalue weighted by molar-refractivity contribution is 5.92. The predicted molar refractivity (Wildman–Crippen MR) is 171 cm³/mol. The van der Waals surface area contributed by atoms with E-state index in [1.807, 2.05) is 74.5 Å². The summed E-state index contributed by atoms with van der Waals surface area (Å²) in [4.78, 5) is 65.6. The summed E-state index contributed by atoms with van der Waals surface area (Å²) in [6.45, 7) is 5.75. The molecule has 0 aliphatic heterocycles. The molecule has 0 aliphatic carbocycles. The van der Waals surface area contributed by atoms with Gasteiger partial charge in [-0.3, -0.25) is 14.4 Å². The number of hydrogen-bond donors (Lipinski definition) is 3. The first-order valence-corrected chi connectivity index (χ1v) is 15.1. The second-order valence-corrected chi connectivity index (χ2v) is 11.2. The number of amides is 4. The third-order valence-electron chi connectivity index (χ3n) is 6.69. The first-order valence-electron chi connectivity index (χ1n) is 15.1. The molecule has 0 aliphatic rings. The van der Waals surface area contributed by atoms with Gasteiger partial charge in [0, 0.05) is 39.1 Å². The molecule has 3 N–H and O–H groups in total. The van der Waals surface area contributed by atoms with Crippen molar-refractivity contribution in [3.05, 3.63) is 83.9 Å². The summed E-state index contributed by atoms with van der Waals surface area (Å²) in [6, 6.07) is 15.7. The van der Waals surface area contributed by atoms with Crippen LogP contribution in [0.15, 0.2) is 72.8 Å². The van der Waals surface area contributed by atoms with Crippen molar-refractivity contribution in [2.45, 2.75) is 71.2 Å². The van der Waals surface area contributed by atoms with E-state index in [0.717, 1.165) is 11.1 Å². The van der Waals surface area contributed by atoms with Crippen molar-refractivity contribution >= 4 is 29.8 Å². The highest BCUT2D eigenvalue weighted by Gasteiger charge is 2.29. The lowest BCUT2D eigenvalue weighted by Crippen LogP contribution is -2.55. The van der Waals surface area contributed by atoms with Crippen molar-refractivity contribution < 1.29 is 33.4 Å². The van der Waals surface area contributed by atoms with Crippen molar-refractivity contribution in [3.63, 3.8) is 0 Å². The van der Waals surface area contributed by atoms with Gasteiger partial charge in [0.2, 0.25) is 17.7 Å². The van der Waals surface area contributed by atoms with Gasteiger partial charge in [0.15, 0.2) is 0 Å². The van der Waals surface area contributed by atoms with Crippen LogP contribution in [0.5, 0.6) is 0 Å². The Morgan fingerprint density at radius 3 is 1.98 bits per heavy atom. The molecule has 0 saturated heterocycles. The number of alkyl carbamates (subject to hydrolysis) is 1. The number of benzene rings is 2. The first kappa shape index (κ1) is 36.5. The van der Waals surface area contributed by atoms with Crippen LogP contribution in [0, 0.1) is 5.92 Å². The van der Waals surface area contributed by atoms with Crippen molar-refractivity contribution in [1.29, 1.82) is 0 Å². The van der Waals surface area contributed by atoms with E-state index >= 15 is 0 Å². The number of esters is 1. The van der Waals surface area contributed by atoms with Gasteiger partial charge in [-0.25, -0.2) is 9.59 Å². The second-order valence-electron chi connectivity index (χ2n) is 11.2. The maximum Gasteiger partial charge on any atom is 0.408 e. The second kappa shape index (κ2) is 19.6. The summed E-state index contributed by atoms with van der Waals surface area (Å²) in [5, 5.41) is 8.32. The van der Waals surface area contributed by atoms with E-state index in [-0.39, 0.29) is 44.3 Å². The molecular formula is C34H46N4O7. The van der Waals surface area contributed by atoms with Gasteiger partial charge in [0.05, 0.1) is 6.61 Å². The fourth-order valence-electron chi connectivity index (χ4n) is 4.33. The van der Waals surface area contributed by atoms with Crippen LogP contribution in [0.2, 0.25) is 0 Å². The Labute approximate surface area is 265 Å². The molecule has 2 aromatic rings. The zero-order chi connectivity index (χ0) is 33.2.